The summed E-state index contributed by atoms with van der Waals surface area (Å²) in [5, 5.41) is 1.06. The van der Waals surface area contributed by atoms with Crippen LogP contribution in [0.2, 0.25) is 0 Å². The van der Waals surface area contributed by atoms with Crippen LogP contribution in [0.25, 0.3) is 0 Å². The Labute approximate surface area is 261 Å². The number of fused-ring (bicyclic) bond motifs is 1. The highest BCUT2D eigenvalue weighted by Crippen LogP contribution is 2.44. The van der Waals surface area contributed by atoms with Crippen LogP contribution < -0.4 is 0 Å². The average molecular weight is 648 g/mol. The van der Waals surface area contributed by atoms with Gasteiger partial charge in [0.25, 0.3) is 23.6 Å². The molecule has 0 saturated carbocycles. The van der Waals surface area contributed by atoms with E-state index in [1.54, 1.807) is 6.07 Å². The molecule has 1 atom stereocenters. The third-order valence-electron chi connectivity index (χ3n) is 8.56. The van der Waals surface area contributed by atoms with Crippen molar-refractivity contribution >= 4 is 57.1 Å². The number of imide groups is 2. The standard InChI is InChI=1S/C30H37N3O11S/c1-20-30(2,17-7-3-5-9-28(38)43-32-24(34)13-14-25(32)35)22-19-21(45(40,41)42)11-12-23(22)31(20)18-8-4-6-10-29(39)44-33-26(36)15-16-27(33)37/h11-12,19H,3-10,13-18H2,1-2H3. The molecule has 244 valence electrons. The molecule has 2 saturated heterocycles. The third kappa shape index (κ3) is 7.82. The second kappa shape index (κ2) is 14.0. The predicted molar refractivity (Wildman–Crippen MR) is 153 cm³/mol. The summed E-state index contributed by atoms with van der Waals surface area (Å²) in [6, 6.07) is 4.36. The van der Waals surface area contributed by atoms with E-state index in [1.165, 1.54) is 12.1 Å². The number of hydrogen-bond donors (Lipinski definition) is 0. The number of benzene rings is 1. The first kappa shape index (κ1) is 33.9. The summed E-state index contributed by atoms with van der Waals surface area (Å²) in [6.07, 6.45) is 4.30. The summed E-state index contributed by atoms with van der Waals surface area (Å²) in [5.74, 6) is -3.45. The molecule has 3 heterocycles. The Morgan fingerprint density at radius 2 is 1.31 bits per heavy atom. The van der Waals surface area contributed by atoms with Crippen LogP contribution in [0.5, 0.6) is 0 Å². The number of rotatable bonds is 15. The van der Waals surface area contributed by atoms with Gasteiger partial charge in [-0.3, -0.25) is 19.2 Å². The fourth-order valence-corrected chi connectivity index (χ4v) is 6.37. The van der Waals surface area contributed by atoms with Crippen molar-refractivity contribution in [1.29, 1.82) is 0 Å². The molecule has 3 aliphatic heterocycles. The first-order valence-corrected chi connectivity index (χ1v) is 16.5. The van der Waals surface area contributed by atoms with Crippen molar-refractivity contribution in [3.63, 3.8) is 0 Å². The molecule has 2 fully saturated rings. The number of hydrogen-bond acceptors (Lipinski definition) is 11. The maximum Gasteiger partial charge on any atom is 0.333 e. The minimum absolute atomic E-state index is 0.0221. The van der Waals surface area contributed by atoms with E-state index in [0.717, 1.165) is 11.4 Å². The van der Waals surface area contributed by atoms with Crippen molar-refractivity contribution < 1.29 is 56.0 Å². The van der Waals surface area contributed by atoms with E-state index in [2.05, 4.69) is 4.58 Å². The molecule has 14 nitrogen and oxygen atoms in total. The maximum absolute atomic E-state index is 12.1. The Morgan fingerprint density at radius 1 is 0.822 bits per heavy atom. The van der Waals surface area contributed by atoms with Crippen LogP contribution in [0, 0.1) is 0 Å². The highest BCUT2D eigenvalue weighted by Gasteiger charge is 2.46. The monoisotopic (exact) mass is 647 g/mol. The SMILES string of the molecule is CC1=[N+](CCCCCC(=O)ON2C(=O)CCC2=O)c2ccc(S(=O)(=O)[O-])cc2C1(C)CCCCCC(=O)ON1C(=O)CCC1=O. The molecule has 15 heteroatoms. The van der Waals surface area contributed by atoms with Crippen LogP contribution >= 0.6 is 0 Å². The number of carbonyl (C=O) groups excluding carboxylic acids is 6. The quantitative estimate of drug-likeness (QED) is 0.118. The Balaban J connectivity index is 1.33. The second-order valence-electron chi connectivity index (χ2n) is 11.7. The van der Waals surface area contributed by atoms with E-state index in [0.29, 0.717) is 67.2 Å². The van der Waals surface area contributed by atoms with Crippen molar-refractivity contribution in [3.8, 4) is 0 Å². The number of carbonyl (C=O) groups is 6. The van der Waals surface area contributed by atoms with Gasteiger partial charge in [-0.05, 0) is 44.7 Å². The van der Waals surface area contributed by atoms with Crippen LogP contribution in [-0.2, 0) is 54.0 Å². The van der Waals surface area contributed by atoms with Crippen molar-refractivity contribution in [2.45, 2.75) is 108 Å². The number of amides is 4. The van der Waals surface area contributed by atoms with Crippen LogP contribution in [0.3, 0.4) is 0 Å². The number of unbranched alkanes of at least 4 members (excludes halogenated alkanes) is 4. The highest BCUT2D eigenvalue weighted by atomic mass is 32.2. The Hall–Kier alpha value is -3.98. The fourth-order valence-electron chi connectivity index (χ4n) is 5.88. The Kier molecular flexibility index (Phi) is 10.5. The molecule has 0 spiro atoms. The Morgan fingerprint density at radius 3 is 1.80 bits per heavy atom. The zero-order chi connectivity index (χ0) is 32.9. The van der Waals surface area contributed by atoms with Crippen molar-refractivity contribution in [2.75, 3.05) is 6.54 Å². The summed E-state index contributed by atoms with van der Waals surface area (Å²) in [7, 11) is -4.68. The lowest BCUT2D eigenvalue weighted by Crippen LogP contribution is -2.32. The summed E-state index contributed by atoms with van der Waals surface area (Å²) in [5.41, 5.74) is 1.87. The average Bonchev–Trinajstić information content (AvgIpc) is 3.54. The van der Waals surface area contributed by atoms with Crippen LogP contribution in [0.4, 0.5) is 5.69 Å². The van der Waals surface area contributed by atoms with E-state index in [9.17, 15) is 41.7 Å². The normalized spacial score (nSPS) is 20.0. The molecule has 4 rings (SSSR count). The summed E-state index contributed by atoms with van der Waals surface area (Å²) >= 11 is 0. The van der Waals surface area contributed by atoms with E-state index in [4.69, 9.17) is 9.68 Å². The molecule has 1 unspecified atom stereocenters. The van der Waals surface area contributed by atoms with Gasteiger partial charge in [0.2, 0.25) is 5.69 Å². The molecule has 0 radical (unpaired) electrons. The van der Waals surface area contributed by atoms with Gasteiger partial charge in [-0.15, -0.1) is 10.1 Å². The largest absolute Gasteiger partial charge is 0.744 e. The van der Waals surface area contributed by atoms with Gasteiger partial charge >= 0.3 is 11.9 Å². The molecule has 1 aromatic rings. The molecule has 1 aromatic carbocycles. The third-order valence-corrected chi connectivity index (χ3v) is 9.39. The van der Waals surface area contributed by atoms with Gasteiger partial charge in [-0.1, -0.05) is 12.8 Å². The predicted octanol–water partition coefficient (Wildman–Crippen LogP) is 2.69. The number of nitrogens with zero attached hydrogens (tertiary/aromatic N) is 3. The highest BCUT2D eigenvalue weighted by molar-refractivity contribution is 7.85. The molecular formula is C30H37N3O11S. The smallest absolute Gasteiger partial charge is 0.333 e. The summed E-state index contributed by atoms with van der Waals surface area (Å²) in [6.45, 7) is 4.50. The first-order valence-electron chi connectivity index (χ1n) is 15.1. The number of hydroxylamine groups is 4. The lowest BCUT2D eigenvalue weighted by atomic mass is 9.76. The van der Waals surface area contributed by atoms with Crippen LogP contribution in [-0.4, -0.2) is 75.5 Å². The molecule has 45 heavy (non-hydrogen) atoms. The lowest BCUT2D eigenvalue weighted by molar-refractivity contribution is -0.439. The molecular weight excluding hydrogens is 610 g/mol. The summed E-state index contributed by atoms with van der Waals surface area (Å²) in [4.78, 5) is 80.3. The van der Waals surface area contributed by atoms with Gasteiger partial charge < -0.3 is 14.2 Å². The van der Waals surface area contributed by atoms with Gasteiger partial charge in [-0.2, -0.15) is 4.58 Å². The van der Waals surface area contributed by atoms with Crippen molar-refractivity contribution in [2.24, 2.45) is 0 Å². The van der Waals surface area contributed by atoms with Crippen LogP contribution in [0.1, 0.15) is 103 Å². The second-order valence-corrected chi connectivity index (χ2v) is 13.0. The zero-order valence-corrected chi connectivity index (χ0v) is 26.2. The van der Waals surface area contributed by atoms with Gasteiger partial charge in [0, 0.05) is 63.5 Å². The summed E-state index contributed by atoms with van der Waals surface area (Å²) < 4.78 is 37.6. The van der Waals surface area contributed by atoms with Gasteiger partial charge in [0.1, 0.15) is 16.7 Å². The van der Waals surface area contributed by atoms with Crippen LogP contribution in [0.15, 0.2) is 23.1 Å². The van der Waals surface area contributed by atoms with Crippen molar-refractivity contribution in [1.82, 2.24) is 10.1 Å². The van der Waals surface area contributed by atoms with Gasteiger partial charge in [0.15, 0.2) is 5.71 Å². The van der Waals surface area contributed by atoms with Gasteiger partial charge in [-0.25, -0.2) is 18.0 Å². The molecule has 0 bridgehead atoms. The fraction of sp³-hybridized carbons (Fsp3) is 0.567. The van der Waals surface area contributed by atoms with E-state index in [-0.39, 0.29) is 43.4 Å². The lowest BCUT2D eigenvalue weighted by Gasteiger charge is -2.23. The minimum atomic E-state index is -4.68. The topological polar surface area (TPSA) is 188 Å². The molecule has 0 aliphatic carbocycles. The van der Waals surface area contributed by atoms with Crippen molar-refractivity contribution in [3.05, 3.63) is 23.8 Å². The molecule has 3 aliphatic rings. The van der Waals surface area contributed by atoms with E-state index < -0.39 is 51.1 Å². The van der Waals surface area contributed by atoms with Gasteiger partial charge in [0.05, 0.1) is 10.3 Å². The molecule has 0 N–H and O–H groups in total. The Bertz CT molecular complexity index is 1520. The van der Waals surface area contributed by atoms with E-state index >= 15 is 0 Å². The molecule has 0 aromatic heterocycles. The maximum atomic E-state index is 12.1. The molecule has 4 amide bonds. The first-order chi connectivity index (χ1) is 21.2. The zero-order valence-electron chi connectivity index (χ0n) is 25.4. The van der Waals surface area contributed by atoms with E-state index in [1.807, 2.05) is 13.8 Å². The minimum Gasteiger partial charge on any atom is -0.744 e.